The second kappa shape index (κ2) is 14.9. The second-order valence-electron chi connectivity index (χ2n) is 5.42. The number of carbonyl (C=O) groups is 3. The van der Waals surface area contributed by atoms with Gasteiger partial charge >= 0.3 is 0 Å². The summed E-state index contributed by atoms with van der Waals surface area (Å²) >= 11 is 0. The van der Waals surface area contributed by atoms with Crippen molar-refractivity contribution in [2.24, 2.45) is 0 Å². The summed E-state index contributed by atoms with van der Waals surface area (Å²) in [7, 11) is 4.71. The smallest absolute Gasteiger partial charge is 0.242 e. The maximum Gasteiger partial charge on any atom is 0.242 e. The topological polar surface area (TPSA) is 106 Å². The normalized spacial score (nSPS) is 11.6. The highest BCUT2D eigenvalue weighted by molar-refractivity contribution is 5.87. The number of hydrogen-bond acceptors (Lipinski definition) is 5. The van der Waals surface area contributed by atoms with E-state index in [-0.39, 0.29) is 17.7 Å². The van der Waals surface area contributed by atoms with E-state index in [2.05, 4.69) is 16.0 Å². The zero-order valence-corrected chi connectivity index (χ0v) is 15.0. The van der Waals surface area contributed by atoms with Crippen molar-refractivity contribution in [3.8, 4) is 0 Å². The molecule has 3 N–H and O–H groups in total. The Morgan fingerprint density at radius 2 is 1.50 bits per heavy atom. The highest BCUT2D eigenvalue weighted by Gasteiger charge is 2.19. The fraction of sp³-hybridized carbons (Fsp3) is 0.812. The van der Waals surface area contributed by atoms with Gasteiger partial charge in [-0.05, 0) is 25.7 Å². The summed E-state index contributed by atoms with van der Waals surface area (Å²) in [4.78, 5) is 35.2. The van der Waals surface area contributed by atoms with Crippen molar-refractivity contribution < 1.29 is 23.9 Å². The first kappa shape index (κ1) is 22.3. The van der Waals surface area contributed by atoms with Crippen molar-refractivity contribution in [2.75, 3.05) is 41.0 Å². The van der Waals surface area contributed by atoms with E-state index in [9.17, 15) is 14.4 Å². The lowest BCUT2D eigenvalue weighted by molar-refractivity contribution is -0.129. The first-order valence-corrected chi connectivity index (χ1v) is 8.30. The molecule has 0 bridgehead atoms. The molecule has 140 valence electrons. The Labute approximate surface area is 144 Å². The molecule has 0 heterocycles. The minimum atomic E-state index is -0.588. The lowest BCUT2D eigenvalue weighted by atomic mass is 10.1. The summed E-state index contributed by atoms with van der Waals surface area (Å²) in [6.07, 6.45) is 3.10. The molecule has 0 aliphatic rings. The number of likely N-dealkylation sites (N-methyl/N-ethyl adjacent to an activating group) is 1. The molecule has 0 aliphatic heterocycles. The van der Waals surface area contributed by atoms with Crippen LogP contribution in [0.2, 0.25) is 0 Å². The van der Waals surface area contributed by atoms with Gasteiger partial charge in [0.1, 0.15) is 6.04 Å². The largest absolute Gasteiger partial charge is 0.385 e. The number of ether oxygens (including phenoxy) is 2. The van der Waals surface area contributed by atoms with Gasteiger partial charge in [0.05, 0.1) is 0 Å². The molecule has 0 rings (SSSR count). The second-order valence-corrected chi connectivity index (χ2v) is 5.42. The van der Waals surface area contributed by atoms with E-state index in [1.807, 2.05) is 0 Å². The summed E-state index contributed by atoms with van der Waals surface area (Å²) in [5.41, 5.74) is 0. The molecule has 1 atom stereocenters. The van der Waals surface area contributed by atoms with E-state index < -0.39 is 6.04 Å². The highest BCUT2D eigenvalue weighted by atomic mass is 16.5. The lowest BCUT2D eigenvalue weighted by Gasteiger charge is -2.17. The molecule has 0 aliphatic carbocycles. The summed E-state index contributed by atoms with van der Waals surface area (Å²) < 4.78 is 9.78. The fourth-order valence-corrected chi connectivity index (χ4v) is 2.09. The van der Waals surface area contributed by atoms with Gasteiger partial charge in [0.25, 0.3) is 0 Å². The molecule has 0 aromatic rings. The molecular formula is C16H31N3O5. The van der Waals surface area contributed by atoms with Gasteiger partial charge in [-0.1, -0.05) is 0 Å². The molecular weight excluding hydrogens is 314 g/mol. The van der Waals surface area contributed by atoms with Gasteiger partial charge < -0.3 is 25.4 Å². The first-order valence-electron chi connectivity index (χ1n) is 8.30. The Morgan fingerprint density at radius 1 is 0.917 bits per heavy atom. The number of nitrogens with one attached hydrogen (secondary N) is 3. The van der Waals surface area contributed by atoms with Crippen molar-refractivity contribution in [3.05, 3.63) is 0 Å². The molecule has 0 aromatic heterocycles. The summed E-state index contributed by atoms with van der Waals surface area (Å²) in [5, 5.41) is 8.06. The average Bonchev–Trinajstić information content (AvgIpc) is 2.57. The van der Waals surface area contributed by atoms with Crippen molar-refractivity contribution >= 4 is 17.7 Å². The van der Waals surface area contributed by atoms with Gasteiger partial charge in [0, 0.05) is 53.9 Å². The quantitative estimate of drug-likeness (QED) is 0.383. The van der Waals surface area contributed by atoms with Gasteiger partial charge in [-0.2, -0.15) is 0 Å². The Kier molecular flexibility index (Phi) is 13.9. The fourth-order valence-electron chi connectivity index (χ4n) is 2.09. The maximum absolute atomic E-state index is 11.8. The number of rotatable bonds is 14. The van der Waals surface area contributed by atoms with Crippen molar-refractivity contribution in [2.45, 2.75) is 44.6 Å². The molecule has 8 nitrogen and oxygen atoms in total. The van der Waals surface area contributed by atoms with Crippen LogP contribution in [-0.2, 0) is 23.9 Å². The maximum atomic E-state index is 11.8. The Balaban J connectivity index is 4.05. The number of carbonyl (C=O) groups excluding carboxylic acids is 3. The van der Waals surface area contributed by atoms with Crippen LogP contribution in [0.25, 0.3) is 0 Å². The van der Waals surface area contributed by atoms with Crippen molar-refractivity contribution in [1.29, 1.82) is 0 Å². The molecule has 0 radical (unpaired) electrons. The van der Waals surface area contributed by atoms with Crippen LogP contribution in [0.4, 0.5) is 0 Å². The zero-order valence-electron chi connectivity index (χ0n) is 15.0. The summed E-state index contributed by atoms with van der Waals surface area (Å²) in [5.74, 6) is -0.446. The van der Waals surface area contributed by atoms with Crippen LogP contribution in [-0.4, -0.2) is 64.8 Å². The molecule has 8 heteroatoms. The molecule has 0 spiro atoms. The number of hydrogen-bond donors (Lipinski definition) is 3. The molecule has 0 saturated carbocycles. The standard InChI is InChI=1S/C16H31N3O5/c1-17-16(22)13(19-15(21)9-6-12-24-3)7-4-10-18-14(20)8-5-11-23-2/h13H,4-12H2,1-3H3,(H,17,22)(H,18,20)(H,19,21). The minimum Gasteiger partial charge on any atom is -0.385 e. The van der Waals surface area contributed by atoms with Gasteiger partial charge in [-0.3, -0.25) is 14.4 Å². The molecule has 0 aromatic carbocycles. The van der Waals surface area contributed by atoms with Gasteiger partial charge in [0.2, 0.25) is 17.7 Å². The van der Waals surface area contributed by atoms with Crippen LogP contribution in [0.3, 0.4) is 0 Å². The number of methoxy groups -OCH3 is 2. The van der Waals surface area contributed by atoms with Crippen molar-refractivity contribution in [1.82, 2.24) is 16.0 Å². The third-order valence-corrected chi connectivity index (χ3v) is 3.39. The monoisotopic (exact) mass is 345 g/mol. The van der Waals surface area contributed by atoms with Gasteiger partial charge in [0.15, 0.2) is 0 Å². The van der Waals surface area contributed by atoms with Gasteiger partial charge in [-0.25, -0.2) is 0 Å². The summed E-state index contributed by atoms with van der Waals surface area (Å²) in [6.45, 7) is 1.54. The molecule has 0 fully saturated rings. The molecule has 0 saturated heterocycles. The lowest BCUT2D eigenvalue weighted by Crippen LogP contribution is -2.46. The Morgan fingerprint density at radius 3 is 2.04 bits per heavy atom. The molecule has 1 unspecified atom stereocenters. The SMILES string of the molecule is CNC(=O)C(CCCNC(=O)CCCOC)NC(=O)CCCOC. The Hall–Kier alpha value is -1.67. The summed E-state index contributed by atoms with van der Waals surface area (Å²) in [6, 6.07) is -0.588. The van der Waals surface area contributed by atoms with E-state index in [0.29, 0.717) is 58.3 Å². The first-order chi connectivity index (χ1) is 11.5. The van der Waals surface area contributed by atoms with Crippen LogP contribution < -0.4 is 16.0 Å². The van der Waals surface area contributed by atoms with Crippen LogP contribution >= 0.6 is 0 Å². The average molecular weight is 345 g/mol. The molecule has 3 amide bonds. The number of amides is 3. The van der Waals surface area contributed by atoms with E-state index in [1.54, 1.807) is 14.2 Å². The highest BCUT2D eigenvalue weighted by Crippen LogP contribution is 2.00. The third kappa shape index (κ3) is 11.8. The predicted molar refractivity (Wildman–Crippen MR) is 90.5 cm³/mol. The van der Waals surface area contributed by atoms with Crippen LogP contribution in [0.1, 0.15) is 38.5 Å². The van der Waals surface area contributed by atoms with E-state index in [0.717, 1.165) is 0 Å². The van der Waals surface area contributed by atoms with E-state index in [1.165, 1.54) is 7.05 Å². The Bertz CT molecular complexity index is 377. The van der Waals surface area contributed by atoms with Gasteiger partial charge in [-0.15, -0.1) is 0 Å². The van der Waals surface area contributed by atoms with Crippen LogP contribution in [0.5, 0.6) is 0 Å². The predicted octanol–water partition coefficient (Wildman–Crippen LogP) is -0.0332. The van der Waals surface area contributed by atoms with Crippen LogP contribution in [0.15, 0.2) is 0 Å². The van der Waals surface area contributed by atoms with Crippen LogP contribution in [0, 0.1) is 0 Å². The zero-order chi connectivity index (χ0) is 18.2. The van der Waals surface area contributed by atoms with E-state index >= 15 is 0 Å². The third-order valence-electron chi connectivity index (χ3n) is 3.39. The minimum absolute atomic E-state index is 0.0351. The van der Waals surface area contributed by atoms with Crippen molar-refractivity contribution in [3.63, 3.8) is 0 Å². The van der Waals surface area contributed by atoms with E-state index in [4.69, 9.17) is 9.47 Å². The molecule has 24 heavy (non-hydrogen) atoms.